The zero-order valence-electron chi connectivity index (χ0n) is 12.0. The molecule has 0 radical (unpaired) electrons. The Hall–Kier alpha value is -0.900. The first-order valence-electron chi connectivity index (χ1n) is 7.37. The molecule has 0 aromatic heterocycles. The van der Waals surface area contributed by atoms with Gasteiger partial charge in [-0.3, -0.25) is 4.90 Å². The number of likely N-dealkylation sites (N-methyl/N-ethyl adjacent to an activating group) is 1. The third-order valence-corrected chi connectivity index (χ3v) is 3.95. The van der Waals surface area contributed by atoms with E-state index in [2.05, 4.69) is 47.2 Å². The van der Waals surface area contributed by atoms with Gasteiger partial charge >= 0.3 is 0 Å². The van der Waals surface area contributed by atoms with Crippen molar-refractivity contribution in [2.75, 3.05) is 33.3 Å². The number of aliphatic hydroxyl groups excluding tert-OH is 1. The molecule has 0 amide bonds. The van der Waals surface area contributed by atoms with E-state index in [-0.39, 0.29) is 6.61 Å². The van der Waals surface area contributed by atoms with Crippen molar-refractivity contribution >= 4 is 0 Å². The molecule has 0 unspecified atom stereocenters. The second-order valence-corrected chi connectivity index (χ2v) is 5.59. The van der Waals surface area contributed by atoms with E-state index in [1.165, 1.54) is 24.8 Å². The Kier molecular flexibility index (Phi) is 5.83. The summed E-state index contributed by atoms with van der Waals surface area (Å²) in [5.41, 5.74) is 1.37. The van der Waals surface area contributed by atoms with Crippen LogP contribution in [0.1, 0.15) is 24.8 Å². The minimum absolute atomic E-state index is 0.277. The second-order valence-electron chi connectivity index (χ2n) is 5.59. The quantitative estimate of drug-likeness (QED) is 0.849. The van der Waals surface area contributed by atoms with Crippen LogP contribution in [0.3, 0.4) is 0 Å². The van der Waals surface area contributed by atoms with Gasteiger partial charge in [0, 0.05) is 25.7 Å². The van der Waals surface area contributed by atoms with Gasteiger partial charge in [0.1, 0.15) is 0 Å². The summed E-state index contributed by atoms with van der Waals surface area (Å²) >= 11 is 0. The van der Waals surface area contributed by atoms with Gasteiger partial charge in [0.15, 0.2) is 0 Å². The molecular weight excluding hydrogens is 236 g/mol. The van der Waals surface area contributed by atoms with E-state index in [1.54, 1.807) is 0 Å². The van der Waals surface area contributed by atoms with Gasteiger partial charge in [0.2, 0.25) is 0 Å². The maximum atomic E-state index is 9.15. The lowest BCUT2D eigenvalue weighted by atomic mass is 10.0. The Morgan fingerprint density at radius 1 is 1.26 bits per heavy atom. The Morgan fingerprint density at radius 3 is 2.79 bits per heavy atom. The van der Waals surface area contributed by atoms with Crippen molar-refractivity contribution in [1.29, 1.82) is 0 Å². The third-order valence-electron chi connectivity index (χ3n) is 3.95. The van der Waals surface area contributed by atoms with E-state index in [1.807, 2.05) is 0 Å². The molecule has 2 rings (SSSR count). The molecule has 0 aliphatic carbocycles. The van der Waals surface area contributed by atoms with E-state index in [0.717, 1.165) is 26.2 Å². The average molecular weight is 262 g/mol. The fourth-order valence-electron chi connectivity index (χ4n) is 3.01. The number of benzene rings is 1. The van der Waals surface area contributed by atoms with E-state index in [4.69, 9.17) is 5.11 Å². The first-order valence-corrected chi connectivity index (χ1v) is 7.37. The van der Waals surface area contributed by atoms with Gasteiger partial charge in [-0.25, -0.2) is 0 Å². The highest BCUT2D eigenvalue weighted by molar-refractivity contribution is 5.14. The molecule has 0 spiro atoms. The number of likely N-dealkylation sites (tertiary alicyclic amines) is 1. The average Bonchev–Trinajstić information content (AvgIpc) is 2.42. The molecule has 1 aromatic rings. The summed E-state index contributed by atoms with van der Waals surface area (Å²) in [7, 11) is 2.19. The van der Waals surface area contributed by atoms with Crippen molar-refractivity contribution in [3.8, 4) is 0 Å². The second kappa shape index (κ2) is 7.63. The molecule has 1 N–H and O–H groups in total. The van der Waals surface area contributed by atoms with E-state index >= 15 is 0 Å². The number of hydrogen-bond acceptors (Lipinski definition) is 3. The molecule has 1 aromatic carbocycles. The van der Waals surface area contributed by atoms with E-state index in [9.17, 15) is 0 Å². The van der Waals surface area contributed by atoms with Crippen LogP contribution in [0.15, 0.2) is 30.3 Å². The molecule has 1 aliphatic rings. The Labute approximate surface area is 116 Å². The topological polar surface area (TPSA) is 26.7 Å². The van der Waals surface area contributed by atoms with Crippen LogP contribution in [0.2, 0.25) is 0 Å². The Balaban J connectivity index is 1.84. The summed E-state index contributed by atoms with van der Waals surface area (Å²) in [5.74, 6) is 0. The van der Waals surface area contributed by atoms with E-state index in [0.29, 0.717) is 6.04 Å². The molecule has 3 nitrogen and oxygen atoms in total. The number of piperidine rings is 1. The van der Waals surface area contributed by atoms with Crippen LogP contribution in [0.5, 0.6) is 0 Å². The van der Waals surface area contributed by atoms with Gasteiger partial charge < -0.3 is 10.0 Å². The molecule has 3 heteroatoms. The van der Waals surface area contributed by atoms with Gasteiger partial charge in [0.05, 0.1) is 6.61 Å². The number of aliphatic hydroxyl groups is 1. The number of hydrogen-bond donors (Lipinski definition) is 1. The zero-order valence-corrected chi connectivity index (χ0v) is 12.0. The van der Waals surface area contributed by atoms with Crippen molar-refractivity contribution in [3.63, 3.8) is 0 Å². The Morgan fingerprint density at radius 2 is 2.05 bits per heavy atom. The van der Waals surface area contributed by atoms with Crippen molar-refractivity contribution in [1.82, 2.24) is 9.80 Å². The first-order chi connectivity index (χ1) is 9.29. The van der Waals surface area contributed by atoms with Gasteiger partial charge in [-0.1, -0.05) is 36.8 Å². The molecule has 19 heavy (non-hydrogen) atoms. The largest absolute Gasteiger partial charge is 0.395 e. The predicted octanol–water partition coefficient (Wildman–Crippen LogP) is 1.97. The predicted molar refractivity (Wildman–Crippen MR) is 79.1 cm³/mol. The molecule has 1 fully saturated rings. The maximum absolute atomic E-state index is 9.15. The highest BCUT2D eigenvalue weighted by Crippen LogP contribution is 2.17. The summed E-state index contributed by atoms with van der Waals surface area (Å²) in [6, 6.07) is 11.2. The van der Waals surface area contributed by atoms with Crippen LogP contribution in [-0.4, -0.2) is 54.2 Å². The molecule has 1 aliphatic heterocycles. The lowest BCUT2D eigenvalue weighted by molar-refractivity contribution is 0.0908. The fraction of sp³-hybridized carbons (Fsp3) is 0.625. The monoisotopic (exact) mass is 262 g/mol. The summed E-state index contributed by atoms with van der Waals surface area (Å²) in [4.78, 5) is 4.85. The highest BCUT2D eigenvalue weighted by Gasteiger charge is 2.22. The smallest absolute Gasteiger partial charge is 0.0558 e. The number of β-amino-alcohol motifs (C(OH)–C–C–N with tert-alkyl or cyclic N) is 1. The molecule has 1 heterocycles. The normalized spacial score (nSPS) is 20.9. The summed E-state index contributed by atoms with van der Waals surface area (Å²) in [6.45, 7) is 4.34. The Bertz CT molecular complexity index is 353. The standard InChI is InChI=1S/C16H26N2O/c1-17(13-15-7-3-2-4-8-15)14-16-9-5-6-10-18(16)11-12-19/h2-4,7-8,16,19H,5-6,9-14H2,1H3/t16-/m1/s1. The highest BCUT2D eigenvalue weighted by atomic mass is 16.3. The van der Waals surface area contributed by atoms with Crippen LogP contribution in [0.25, 0.3) is 0 Å². The van der Waals surface area contributed by atoms with Crippen LogP contribution >= 0.6 is 0 Å². The van der Waals surface area contributed by atoms with Gasteiger partial charge in [-0.2, -0.15) is 0 Å². The van der Waals surface area contributed by atoms with Crippen molar-refractivity contribution in [2.24, 2.45) is 0 Å². The van der Waals surface area contributed by atoms with E-state index < -0.39 is 0 Å². The zero-order chi connectivity index (χ0) is 13.5. The van der Waals surface area contributed by atoms with Crippen molar-refractivity contribution in [2.45, 2.75) is 31.8 Å². The van der Waals surface area contributed by atoms with Crippen LogP contribution < -0.4 is 0 Å². The third kappa shape index (κ3) is 4.60. The first kappa shape index (κ1) is 14.5. The molecule has 0 saturated carbocycles. The number of nitrogens with zero attached hydrogens (tertiary/aromatic N) is 2. The molecule has 0 bridgehead atoms. The molecule has 1 atom stereocenters. The van der Waals surface area contributed by atoms with Crippen LogP contribution in [-0.2, 0) is 6.54 Å². The van der Waals surface area contributed by atoms with Crippen LogP contribution in [0, 0.1) is 0 Å². The molecule has 106 valence electrons. The molecule has 1 saturated heterocycles. The lowest BCUT2D eigenvalue weighted by Crippen LogP contribution is -2.46. The molecular formula is C16H26N2O. The summed E-state index contributed by atoms with van der Waals surface area (Å²) < 4.78 is 0. The maximum Gasteiger partial charge on any atom is 0.0558 e. The van der Waals surface area contributed by atoms with Gasteiger partial charge in [-0.15, -0.1) is 0 Å². The van der Waals surface area contributed by atoms with Gasteiger partial charge in [-0.05, 0) is 32.0 Å². The minimum Gasteiger partial charge on any atom is -0.395 e. The van der Waals surface area contributed by atoms with Crippen molar-refractivity contribution in [3.05, 3.63) is 35.9 Å². The number of rotatable bonds is 6. The SMILES string of the molecule is CN(Cc1ccccc1)C[C@H]1CCCCN1CCO. The minimum atomic E-state index is 0.277. The van der Waals surface area contributed by atoms with Crippen molar-refractivity contribution < 1.29 is 5.11 Å². The van der Waals surface area contributed by atoms with Gasteiger partial charge in [0.25, 0.3) is 0 Å². The summed E-state index contributed by atoms with van der Waals surface area (Å²) in [6.07, 6.45) is 3.86. The van der Waals surface area contributed by atoms with Crippen LogP contribution in [0.4, 0.5) is 0 Å². The fourth-order valence-corrected chi connectivity index (χ4v) is 3.01. The lowest BCUT2D eigenvalue weighted by Gasteiger charge is -2.37. The summed E-state index contributed by atoms with van der Waals surface area (Å²) in [5, 5.41) is 9.15.